The van der Waals surface area contributed by atoms with Gasteiger partial charge in [-0.1, -0.05) is 6.07 Å². The van der Waals surface area contributed by atoms with E-state index in [-0.39, 0.29) is 12.4 Å². The quantitative estimate of drug-likeness (QED) is 0.638. The third kappa shape index (κ3) is 3.46. The summed E-state index contributed by atoms with van der Waals surface area (Å²) in [4.78, 5) is 9.39. The van der Waals surface area contributed by atoms with Crippen LogP contribution < -0.4 is 5.73 Å². The van der Waals surface area contributed by atoms with Gasteiger partial charge in [-0.15, -0.1) is 12.4 Å². The Morgan fingerprint density at radius 1 is 1.41 bits per heavy atom. The van der Waals surface area contributed by atoms with Crippen molar-refractivity contribution in [3.63, 3.8) is 0 Å². The van der Waals surface area contributed by atoms with Crippen molar-refractivity contribution in [1.29, 1.82) is 0 Å². The molecule has 17 heavy (non-hydrogen) atoms. The first-order valence-electron chi connectivity index (χ1n) is 4.03. The maximum atomic E-state index is 12.2. The summed E-state index contributed by atoms with van der Waals surface area (Å²) in [5, 5.41) is 19.4. The van der Waals surface area contributed by atoms with Crippen LogP contribution in [0.4, 0.5) is 18.9 Å². The van der Waals surface area contributed by atoms with Crippen LogP contribution in [0.1, 0.15) is 11.6 Å². The predicted octanol–water partition coefficient (Wildman–Crippen LogP) is 2.28. The molecule has 0 bridgehead atoms. The molecule has 0 radical (unpaired) electrons. The highest BCUT2D eigenvalue weighted by Gasteiger charge is 2.38. The zero-order valence-corrected chi connectivity index (χ0v) is 8.96. The highest BCUT2D eigenvalue weighted by Crippen LogP contribution is 2.34. The first kappa shape index (κ1) is 15.5. The number of hydrogen-bond acceptors (Lipinski definition) is 4. The van der Waals surface area contributed by atoms with Crippen molar-refractivity contribution in [2.45, 2.75) is 12.2 Å². The topological polar surface area (TPSA) is 89.4 Å². The fourth-order valence-electron chi connectivity index (χ4n) is 1.07. The zero-order chi connectivity index (χ0) is 12.5. The number of benzene rings is 1. The molecule has 1 aromatic carbocycles. The van der Waals surface area contributed by atoms with Gasteiger partial charge in [-0.2, -0.15) is 13.2 Å². The van der Waals surface area contributed by atoms with E-state index in [1.54, 1.807) is 0 Å². The molecule has 0 aliphatic rings. The van der Waals surface area contributed by atoms with Gasteiger partial charge < -0.3 is 10.8 Å². The van der Waals surface area contributed by atoms with Crippen LogP contribution in [0.2, 0.25) is 0 Å². The highest BCUT2D eigenvalue weighted by molar-refractivity contribution is 5.85. The molecular formula is C8H8ClF3N2O3. The summed E-state index contributed by atoms with van der Waals surface area (Å²) >= 11 is 0. The number of nitrogens with zero attached hydrogens (tertiary/aromatic N) is 1. The second-order valence-corrected chi connectivity index (χ2v) is 3.02. The van der Waals surface area contributed by atoms with Crippen LogP contribution in [-0.4, -0.2) is 16.2 Å². The molecule has 0 saturated heterocycles. The molecule has 9 heteroatoms. The third-order valence-corrected chi connectivity index (χ3v) is 1.91. The Labute approximate surface area is 99.6 Å². The van der Waals surface area contributed by atoms with Gasteiger partial charge in [-0.3, -0.25) is 10.1 Å². The minimum Gasteiger partial charge on any atom is -0.502 e. The molecule has 0 aliphatic heterocycles. The largest absolute Gasteiger partial charge is 0.502 e. The molecular weight excluding hydrogens is 265 g/mol. The summed E-state index contributed by atoms with van der Waals surface area (Å²) in [5.41, 5.74) is 3.58. The van der Waals surface area contributed by atoms with Gasteiger partial charge in [-0.25, -0.2) is 0 Å². The van der Waals surface area contributed by atoms with E-state index in [1.807, 2.05) is 0 Å². The van der Waals surface area contributed by atoms with Crippen molar-refractivity contribution in [3.05, 3.63) is 33.9 Å². The van der Waals surface area contributed by atoms with Gasteiger partial charge in [-0.05, 0) is 11.6 Å². The summed E-state index contributed by atoms with van der Waals surface area (Å²) in [6.45, 7) is 0. The summed E-state index contributed by atoms with van der Waals surface area (Å²) < 4.78 is 36.6. The zero-order valence-electron chi connectivity index (χ0n) is 8.14. The van der Waals surface area contributed by atoms with Crippen molar-refractivity contribution in [1.82, 2.24) is 0 Å². The summed E-state index contributed by atoms with van der Waals surface area (Å²) in [5.74, 6) is -0.705. The van der Waals surface area contributed by atoms with Gasteiger partial charge in [0.15, 0.2) is 5.75 Å². The fraction of sp³-hybridized carbons (Fsp3) is 0.250. The van der Waals surface area contributed by atoms with Crippen LogP contribution in [0, 0.1) is 10.1 Å². The van der Waals surface area contributed by atoms with Gasteiger partial charge in [0.1, 0.15) is 6.04 Å². The molecule has 1 aromatic rings. The molecule has 0 spiro atoms. The van der Waals surface area contributed by atoms with Gasteiger partial charge in [0.2, 0.25) is 0 Å². The number of phenols is 1. The molecule has 0 fully saturated rings. The number of phenolic OH excluding ortho intramolecular Hbond substituents is 1. The summed E-state index contributed by atoms with van der Waals surface area (Å²) in [6, 6.07) is -0.0145. The van der Waals surface area contributed by atoms with Crippen LogP contribution >= 0.6 is 12.4 Å². The lowest BCUT2D eigenvalue weighted by Gasteiger charge is -2.15. The average Bonchev–Trinajstić information content (AvgIpc) is 2.15. The Bertz CT molecular complexity index is 425. The van der Waals surface area contributed by atoms with Crippen LogP contribution in [0.15, 0.2) is 18.2 Å². The van der Waals surface area contributed by atoms with Gasteiger partial charge in [0.25, 0.3) is 0 Å². The SMILES string of the molecule is Cl.N[C@@H](c1ccc(O)c([N+](=O)[O-])c1)C(F)(F)F. The third-order valence-electron chi connectivity index (χ3n) is 1.91. The number of hydrogen-bond donors (Lipinski definition) is 2. The van der Waals surface area contributed by atoms with E-state index in [9.17, 15) is 23.3 Å². The Kier molecular flexibility index (Phi) is 4.72. The first-order valence-corrected chi connectivity index (χ1v) is 4.03. The molecule has 96 valence electrons. The lowest BCUT2D eigenvalue weighted by molar-refractivity contribution is -0.386. The lowest BCUT2D eigenvalue weighted by atomic mass is 10.1. The van der Waals surface area contributed by atoms with E-state index < -0.39 is 34.1 Å². The van der Waals surface area contributed by atoms with Crippen molar-refractivity contribution in [2.75, 3.05) is 0 Å². The molecule has 0 amide bonds. The number of nitro groups is 1. The van der Waals surface area contributed by atoms with Crippen LogP contribution in [0.3, 0.4) is 0 Å². The number of nitro benzene ring substituents is 1. The molecule has 0 heterocycles. The van der Waals surface area contributed by atoms with Crippen LogP contribution in [0.25, 0.3) is 0 Å². The van der Waals surface area contributed by atoms with E-state index in [0.717, 1.165) is 12.1 Å². The van der Waals surface area contributed by atoms with Crippen molar-refractivity contribution < 1.29 is 23.2 Å². The fourth-order valence-corrected chi connectivity index (χ4v) is 1.07. The normalized spacial score (nSPS) is 12.7. The summed E-state index contributed by atoms with van der Waals surface area (Å²) in [6.07, 6.45) is -4.69. The number of nitrogens with two attached hydrogens (primary N) is 1. The van der Waals surface area contributed by atoms with Crippen LogP contribution in [-0.2, 0) is 0 Å². The van der Waals surface area contributed by atoms with E-state index in [4.69, 9.17) is 10.8 Å². The van der Waals surface area contributed by atoms with Crippen molar-refractivity contribution in [3.8, 4) is 5.75 Å². The molecule has 5 nitrogen and oxygen atoms in total. The molecule has 1 rings (SSSR count). The average molecular weight is 273 g/mol. The molecule has 0 aromatic heterocycles. The van der Waals surface area contributed by atoms with E-state index >= 15 is 0 Å². The first-order chi connectivity index (χ1) is 7.23. The molecule has 1 atom stereocenters. The van der Waals surface area contributed by atoms with Gasteiger partial charge >= 0.3 is 11.9 Å². The van der Waals surface area contributed by atoms with Crippen molar-refractivity contribution in [2.24, 2.45) is 5.73 Å². The van der Waals surface area contributed by atoms with Crippen LogP contribution in [0.5, 0.6) is 5.75 Å². The minimum absolute atomic E-state index is 0. The number of rotatable bonds is 2. The molecule has 0 saturated carbocycles. The highest BCUT2D eigenvalue weighted by atomic mass is 35.5. The van der Waals surface area contributed by atoms with E-state index in [0.29, 0.717) is 6.07 Å². The Morgan fingerprint density at radius 2 is 1.94 bits per heavy atom. The monoisotopic (exact) mass is 272 g/mol. The number of halogens is 4. The Hall–Kier alpha value is -1.54. The Balaban J connectivity index is 0.00000256. The lowest BCUT2D eigenvalue weighted by Crippen LogP contribution is -2.28. The standard InChI is InChI=1S/C8H7F3N2O3.ClH/c9-8(10,11)7(12)4-1-2-6(14)5(3-4)13(15)16;/h1-3,7,14H,12H2;1H/t7-;/m0./s1. The number of aromatic hydroxyl groups is 1. The predicted molar refractivity (Wildman–Crippen MR) is 55.0 cm³/mol. The molecule has 0 aliphatic carbocycles. The van der Waals surface area contributed by atoms with Gasteiger partial charge in [0.05, 0.1) is 4.92 Å². The number of alkyl halides is 3. The maximum Gasteiger partial charge on any atom is 0.407 e. The second-order valence-electron chi connectivity index (χ2n) is 3.02. The molecule has 0 unspecified atom stereocenters. The Morgan fingerprint density at radius 3 is 2.35 bits per heavy atom. The van der Waals surface area contributed by atoms with E-state index in [1.165, 1.54) is 0 Å². The smallest absolute Gasteiger partial charge is 0.407 e. The summed E-state index contributed by atoms with van der Waals surface area (Å²) in [7, 11) is 0. The van der Waals surface area contributed by atoms with Crippen molar-refractivity contribution >= 4 is 18.1 Å². The minimum atomic E-state index is -4.69. The van der Waals surface area contributed by atoms with E-state index in [2.05, 4.69) is 0 Å². The second kappa shape index (κ2) is 5.19. The molecule has 3 N–H and O–H groups in total. The maximum absolute atomic E-state index is 12.2. The van der Waals surface area contributed by atoms with Gasteiger partial charge in [0, 0.05) is 6.07 Å².